The Morgan fingerprint density at radius 2 is 2.44 bits per heavy atom. The number of rotatable bonds is 0. The van der Waals surface area contributed by atoms with Crippen molar-refractivity contribution in [1.82, 2.24) is 10.1 Å². The quantitative estimate of drug-likeness (QED) is 0.403. The zero-order valence-corrected chi connectivity index (χ0v) is 5.82. The average molecular weight is 167 g/mol. The Kier molecular flexibility index (Phi) is 1.68. The van der Waals surface area contributed by atoms with Gasteiger partial charge in [-0.25, -0.2) is 5.53 Å². The molecular formula is C3H4Cl2N4. The molecule has 0 radical (unpaired) electrons. The average Bonchev–Trinajstić information content (AvgIpc) is 1.80. The summed E-state index contributed by atoms with van der Waals surface area (Å²) in [6.07, 6.45) is 1.44. The van der Waals surface area contributed by atoms with E-state index in [9.17, 15) is 0 Å². The predicted molar refractivity (Wildman–Crippen MR) is 36.4 cm³/mol. The minimum absolute atomic E-state index is 0.296. The lowest BCUT2D eigenvalue weighted by Gasteiger charge is -2.16. The maximum atomic E-state index is 5.49. The van der Waals surface area contributed by atoms with Gasteiger partial charge in [0.25, 0.3) is 0 Å². The summed E-state index contributed by atoms with van der Waals surface area (Å²) in [6, 6.07) is 0. The fraction of sp³-hybridized carbons (Fsp3) is 0. The van der Waals surface area contributed by atoms with E-state index in [0.29, 0.717) is 11.0 Å². The Morgan fingerprint density at radius 1 is 1.78 bits per heavy atom. The molecule has 0 spiro atoms. The first-order valence-electron chi connectivity index (χ1n) is 2.12. The van der Waals surface area contributed by atoms with Gasteiger partial charge in [-0.3, -0.25) is 0 Å². The maximum Gasteiger partial charge on any atom is 0.148 e. The molecule has 0 saturated carbocycles. The Balaban J connectivity index is 2.74. The Morgan fingerprint density at radius 3 is 2.89 bits per heavy atom. The van der Waals surface area contributed by atoms with E-state index in [1.54, 1.807) is 0 Å². The zero-order valence-electron chi connectivity index (χ0n) is 4.31. The van der Waals surface area contributed by atoms with Gasteiger partial charge in [-0.05, 0) is 0 Å². The summed E-state index contributed by atoms with van der Waals surface area (Å²) in [5.41, 5.74) is 7.57. The van der Waals surface area contributed by atoms with Crippen LogP contribution >= 0.6 is 23.4 Å². The molecule has 0 fully saturated rings. The van der Waals surface area contributed by atoms with Crippen molar-refractivity contribution in [1.29, 1.82) is 0 Å². The van der Waals surface area contributed by atoms with Crippen LogP contribution in [0.2, 0.25) is 0 Å². The number of hydrazone groups is 1. The number of hydrogen-bond acceptors (Lipinski definition) is 4. The standard InChI is InChI=1S/C3H4Cl2N4/c4-2-1-3(6)7-8-9(2)5/h1,8H,(H2,6,7). The van der Waals surface area contributed by atoms with Gasteiger partial charge in [0.15, 0.2) is 0 Å². The van der Waals surface area contributed by atoms with Crippen molar-refractivity contribution < 1.29 is 0 Å². The van der Waals surface area contributed by atoms with Gasteiger partial charge in [-0.1, -0.05) is 11.6 Å². The van der Waals surface area contributed by atoms with Crippen LogP contribution in [0, 0.1) is 0 Å². The fourth-order valence-electron chi connectivity index (χ4n) is 0.360. The maximum absolute atomic E-state index is 5.49. The normalized spacial score (nSPS) is 18.2. The molecule has 0 atom stereocenters. The van der Waals surface area contributed by atoms with E-state index in [1.807, 2.05) is 0 Å². The van der Waals surface area contributed by atoms with Crippen LogP contribution in [0.15, 0.2) is 16.3 Å². The van der Waals surface area contributed by atoms with Crippen LogP contribution in [-0.2, 0) is 0 Å². The number of hydrazine groups is 1. The van der Waals surface area contributed by atoms with Gasteiger partial charge in [-0.2, -0.15) is 4.53 Å². The second kappa shape index (κ2) is 2.33. The van der Waals surface area contributed by atoms with Gasteiger partial charge < -0.3 is 5.73 Å². The highest BCUT2D eigenvalue weighted by atomic mass is 35.5. The number of nitrogens with two attached hydrogens (primary N) is 1. The molecule has 50 valence electrons. The van der Waals surface area contributed by atoms with Gasteiger partial charge in [-0.15, -0.1) is 5.10 Å². The van der Waals surface area contributed by atoms with E-state index >= 15 is 0 Å². The van der Waals surface area contributed by atoms with Crippen molar-refractivity contribution in [2.75, 3.05) is 0 Å². The van der Waals surface area contributed by atoms with Crippen LogP contribution in [0.25, 0.3) is 0 Å². The summed E-state index contributed by atoms with van der Waals surface area (Å²) < 4.78 is 1.03. The molecular weight excluding hydrogens is 163 g/mol. The van der Waals surface area contributed by atoms with Crippen LogP contribution in [0.4, 0.5) is 0 Å². The first-order valence-corrected chi connectivity index (χ1v) is 2.83. The number of amidine groups is 1. The Bertz CT molecular complexity index is 175. The smallest absolute Gasteiger partial charge is 0.148 e. The summed E-state index contributed by atoms with van der Waals surface area (Å²) in [4.78, 5) is 0. The lowest BCUT2D eigenvalue weighted by atomic mass is 10.5. The fourth-order valence-corrected chi connectivity index (χ4v) is 0.597. The zero-order chi connectivity index (χ0) is 6.85. The largest absolute Gasteiger partial charge is 0.382 e. The van der Waals surface area contributed by atoms with Crippen LogP contribution in [-0.4, -0.2) is 10.4 Å². The van der Waals surface area contributed by atoms with Crippen molar-refractivity contribution >= 4 is 29.2 Å². The lowest BCUT2D eigenvalue weighted by molar-refractivity contribution is 0.437. The molecule has 9 heavy (non-hydrogen) atoms. The van der Waals surface area contributed by atoms with Crippen molar-refractivity contribution in [2.45, 2.75) is 0 Å². The van der Waals surface area contributed by atoms with Gasteiger partial charge >= 0.3 is 0 Å². The highest BCUT2D eigenvalue weighted by Gasteiger charge is 2.07. The molecule has 1 rings (SSSR count). The molecule has 0 aliphatic carbocycles. The van der Waals surface area contributed by atoms with E-state index in [0.717, 1.165) is 4.53 Å². The van der Waals surface area contributed by atoms with Crippen molar-refractivity contribution in [3.05, 3.63) is 11.2 Å². The third-order valence-corrected chi connectivity index (χ3v) is 1.34. The third kappa shape index (κ3) is 1.40. The summed E-state index contributed by atoms with van der Waals surface area (Å²) in [5, 5.41) is 3.83. The molecule has 4 nitrogen and oxygen atoms in total. The third-order valence-electron chi connectivity index (χ3n) is 0.721. The van der Waals surface area contributed by atoms with Crippen LogP contribution in [0.3, 0.4) is 0 Å². The Labute approximate surface area is 62.0 Å². The number of nitrogens with one attached hydrogen (secondary N) is 1. The summed E-state index contributed by atoms with van der Waals surface area (Å²) in [7, 11) is 0. The lowest BCUT2D eigenvalue weighted by Crippen LogP contribution is -2.30. The second-order valence-corrected chi connectivity index (χ2v) is 2.11. The summed E-state index contributed by atoms with van der Waals surface area (Å²) >= 11 is 10.9. The number of nitrogens with zero attached hydrogens (tertiary/aromatic N) is 2. The molecule has 0 aromatic rings. The van der Waals surface area contributed by atoms with Crippen molar-refractivity contribution in [2.24, 2.45) is 10.8 Å². The predicted octanol–water partition coefficient (Wildman–Crippen LogP) is 0.313. The molecule has 0 saturated heterocycles. The van der Waals surface area contributed by atoms with E-state index < -0.39 is 0 Å². The van der Waals surface area contributed by atoms with E-state index in [1.165, 1.54) is 6.08 Å². The van der Waals surface area contributed by atoms with Gasteiger partial charge in [0, 0.05) is 17.9 Å². The van der Waals surface area contributed by atoms with Crippen molar-refractivity contribution in [3.8, 4) is 0 Å². The van der Waals surface area contributed by atoms with Crippen LogP contribution in [0.5, 0.6) is 0 Å². The van der Waals surface area contributed by atoms with Gasteiger partial charge in [0.1, 0.15) is 11.0 Å². The van der Waals surface area contributed by atoms with E-state index in [-0.39, 0.29) is 0 Å². The molecule has 0 aromatic carbocycles. The van der Waals surface area contributed by atoms with E-state index in [2.05, 4.69) is 10.6 Å². The SMILES string of the molecule is NC1=NNN(Cl)C(Cl)=C1. The highest BCUT2D eigenvalue weighted by Crippen LogP contribution is 2.11. The van der Waals surface area contributed by atoms with Gasteiger partial charge in [0.2, 0.25) is 0 Å². The van der Waals surface area contributed by atoms with Crippen LogP contribution < -0.4 is 11.3 Å². The van der Waals surface area contributed by atoms with Crippen LogP contribution in [0.1, 0.15) is 0 Å². The molecule has 0 unspecified atom stereocenters. The van der Waals surface area contributed by atoms with Gasteiger partial charge in [0.05, 0.1) is 0 Å². The first kappa shape index (κ1) is 6.51. The highest BCUT2D eigenvalue weighted by molar-refractivity contribution is 6.34. The minimum Gasteiger partial charge on any atom is -0.382 e. The van der Waals surface area contributed by atoms with Crippen molar-refractivity contribution in [3.63, 3.8) is 0 Å². The molecule has 3 N–H and O–H groups in total. The number of halogens is 2. The first-order chi connectivity index (χ1) is 4.20. The molecule has 0 aromatic heterocycles. The molecule has 1 heterocycles. The monoisotopic (exact) mass is 166 g/mol. The summed E-state index contributed by atoms with van der Waals surface area (Å²) in [6.45, 7) is 0. The molecule has 0 bridgehead atoms. The minimum atomic E-state index is 0.296. The summed E-state index contributed by atoms with van der Waals surface area (Å²) in [5.74, 6) is 0.303. The van der Waals surface area contributed by atoms with E-state index in [4.69, 9.17) is 29.1 Å². The topological polar surface area (TPSA) is 53.6 Å². The molecule has 6 heteroatoms. The molecule has 1 aliphatic rings. The second-order valence-electron chi connectivity index (χ2n) is 1.38. The molecule has 1 aliphatic heterocycles. The number of hydrogen-bond donors (Lipinski definition) is 2. The Hall–Kier alpha value is -0.610. The molecule has 0 amide bonds.